The number of benzene rings is 3. The van der Waals surface area contributed by atoms with Gasteiger partial charge in [0.15, 0.2) is 11.5 Å². The second-order valence-corrected chi connectivity index (χ2v) is 14.3. The Hall–Kier alpha value is -4.40. The molecule has 0 saturated carbocycles. The van der Waals surface area contributed by atoms with Crippen molar-refractivity contribution in [1.82, 2.24) is 9.97 Å². The van der Waals surface area contributed by atoms with E-state index in [1.807, 2.05) is 48.5 Å². The lowest BCUT2D eigenvalue weighted by molar-refractivity contribution is -0.154. The lowest BCUT2D eigenvalue weighted by Crippen LogP contribution is -2.36. The Labute approximate surface area is 300 Å². The third-order valence-corrected chi connectivity index (χ3v) is 10.9. The van der Waals surface area contributed by atoms with Crippen molar-refractivity contribution in [3.05, 3.63) is 65.2 Å². The van der Waals surface area contributed by atoms with Crippen LogP contribution in [0.15, 0.2) is 48.5 Å². The summed E-state index contributed by atoms with van der Waals surface area (Å²) in [6, 6.07) is 15.5. The summed E-state index contributed by atoms with van der Waals surface area (Å²) in [4.78, 5) is 36.7. The summed E-state index contributed by atoms with van der Waals surface area (Å²) >= 11 is 0. The van der Waals surface area contributed by atoms with Crippen LogP contribution in [-0.2, 0) is 19.1 Å². The molecule has 3 heterocycles. The van der Waals surface area contributed by atoms with Crippen LogP contribution < -0.4 is 14.2 Å². The van der Waals surface area contributed by atoms with Crippen molar-refractivity contribution in [2.45, 2.75) is 109 Å². The zero-order chi connectivity index (χ0) is 35.2. The van der Waals surface area contributed by atoms with Gasteiger partial charge in [0.2, 0.25) is 6.79 Å². The maximum absolute atomic E-state index is 13.6. The number of unbranched alkanes of at least 4 members (excludes halogenated alkanes) is 12. The van der Waals surface area contributed by atoms with Gasteiger partial charge in [-0.25, -0.2) is 9.97 Å². The van der Waals surface area contributed by atoms with Crippen LogP contribution in [0.25, 0.3) is 22.1 Å². The minimum absolute atomic E-state index is 0.105. The minimum Gasteiger partial charge on any atom is -0.494 e. The number of carbonyl (C=O) groups excluding carboxylic acids is 2. The van der Waals surface area contributed by atoms with Gasteiger partial charge in [-0.15, -0.1) is 0 Å². The molecule has 7 rings (SSSR count). The maximum atomic E-state index is 13.6. The number of fused-ring (bicyclic) bond motifs is 5. The number of rotatable bonds is 17. The van der Waals surface area contributed by atoms with Gasteiger partial charge in [0.1, 0.15) is 17.4 Å². The smallest absolute Gasteiger partial charge is 0.310 e. The summed E-state index contributed by atoms with van der Waals surface area (Å²) in [5.41, 5.74) is 5.35. The molecule has 1 fully saturated rings. The molecule has 0 unspecified atom stereocenters. The molecular weight excluding hydrogens is 644 g/mol. The quantitative estimate of drug-likeness (QED) is 0.0607. The number of hydrogen-bond donors (Lipinski definition) is 0. The maximum Gasteiger partial charge on any atom is 0.310 e. The van der Waals surface area contributed by atoms with Gasteiger partial charge in [0.25, 0.3) is 0 Å². The van der Waals surface area contributed by atoms with E-state index in [1.54, 1.807) is 7.11 Å². The standard InChI is InChI=1S/C42H50N2O7/c1-3-4-5-6-7-8-9-10-11-12-13-14-15-20-37(45)51-41-29-24-35-34(49-26-50-35)23-28(29)38(39-30(41)25-48-42(39)46)27-21-33-40(36(22-27)47-2)44-32-19-17-16-18-31(32)43-33/h16-19,21-24,30,38-39,41H,3-15,20,25-26H2,1-2H3/t30-,38+,39-,41+/m0/s1. The number of aromatic nitrogens is 2. The highest BCUT2D eigenvalue weighted by Crippen LogP contribution is 2.56. The third kappa shape index (κ3) is 7.63. The molecule has 0 N–H and O–H groups in total. The largest absolute Gasteiger partial charge is 0.494 e. The lowest BCUT2D eigenvalue weighted by atomic mass is 9.66. The highest BCUT2D eigenvalue weighted by atomic mass is 16.7. The van der Waals surface area contributed by atoms with Crippen molar-refractivity contribution in [2.24, 2.45) is 11.8 Å². The normalized spacial score (nSPS) is 20.3. The number of hydrogen-bond acceptors (Lipinski definition) is 9. The Bertz CT molecular complexity index is 1860. The monoisotopic (exact) mass is 694 g/mol. The van der Waals surface area contributed by atoms with E-state index < -0.39 is 17.9 Å². The van der Waals surface area contributed by atoms with Crippen LogP contribution in [-0.4, -0.2) is 42.4 Å². The van der Waals surface area contributed by atoms with Crippen LogP contribution in [0.1, 0.15) is 126 Å². The topological polar surface area (TPSA) is 106 Å². The van der Waals surface area contributed by atoms with Crippen molar-refractivity contribution < 1.29 is 33.3 Å². The molecule has 0 amide bonds. The van der Waals surface area contributed by atoms with E-state index in [-0.39, 0.29) is 31.3 Å². The first-order chi connectivity index (χ1) is 25.1. The van der Waals surface area contributed by atoms with E-state index in [9.17, 15) is 9.59 Å². The molecule has 4 aromatic rings. The van der Waals surface area contributed by atoms with Crippen LogP contribution in [0.2, 0.25) is 0 Å². The molecule has 3 aromatic carbocycles. The molecule has 270 valence electrons. The number of esters is 2. The van der Waals surface area contributed by atoms with Crippen molar-refractivity contribution in [3.63, 3.8) is 0 Å². The molecule has 0 bridgehead atoms. The lowest BCUT2D eigenvalue weighted by Gasteiger charge is -2.38. The fraction of sp³-hybridized carbons (Fsp3) is 0.524. The first kappa shape index (κ1) is 35.0. The molecule has 51 heavy (non-hydrogen) atoms. The van der Waals surface area contributed by atoms with Gasteiger partial charge in [-0.2, -0.15) is 0 Å². The van der Waals surface area contributed by atoms with E-state index in [4.69, 9.17) is 33.7 Å². The molecule has 9 heteroatoms. The van der Waals surface area contributed by atoms with Crippen LogP contribution in [0.4, 0.5) is 0 Å². The zero-order valence-electron chi connectivity index (χ0n) is 30.0. The summed E-state index contributed by atoms with van der Waals surface area (Å²) in [7, 11) is 1.61. The first-order valence-electron chi connectivity index (χ1n) is 19.1. The van der Waals surface area contributed by atoms with Gasteiger partial charge in [-0.1, -0.05) is 96.1 Å². The fourth-order valence-corrected chi connectivity index (χ4v) is 8.20. The van der Waals surface area contributed by atoms with E-state index >= 15 is 0 Å². The van der Waals surface area contributed by atoms with Gasteiger partial charge >= 0.3 is 11.9 Å². The fourth-order valence-electron chi connectivity index (χ4n) is 8.20. The third-order valence-electron chi connectivity index (χ3n) is 10.9. The van der Waals surface area contributed by atoms with Gasteiger partial charge < -0.3 is 23.7 Å². The number of methoxy groups -OCH3 is 1. The Kier molecular flexibility index (Phi) is 11.2. The average molecular weight is 695 g/mol. The molecular formula is C42H50N2O7. The second kappa shape index (κ2) is 16.3. The van der Waals surface area contributed by atoms with E-state index in [0.717, 1.165) is 47.0 Å². The van der Waals surface area contributed by atoms with Gasteiger partial charge in [-0.3, -0.25) is 9.59 Å². The molecule has 0 spiro atoms. The van der Waals surface area contributed by atoms with E-state index in [2.05, 4.69) is 6.92 Å². The number of cyclic esters (lactones) is 1. The SMILES string of the molecule is CCCCCCCCCCCCCCCC(=O)O[C@@H]1c2cc3c(cc2[C@@H](c2cc(OC)c4nc5ccccc5nc4c2)[C@H]2C(=O)OC[C@@H]21)OCO3. The van der Waals surface area contributed by atoms with Gasteiger partial charge in [0.05, 0.1) is 36.2 Å². The summed E-state index contributed by atoms with van der Waals surface area (Å²) in [6.07, 6.45) is 15.8. The predicted molar refractivity (Wildman–Crippen MR) is 195 cm³/mol. The summed E-state index contributed by atoms with van der Waals surface area (Å²) in [5.74, 6) is -0.166. The first-order valence-corrected chi connectivity index (χ1v) is 19.1. The molecule has 9 nitrogen and oxygen atoms in total. The molecule has 3 aliphatic rings. The van der Waals surface area contributed by atoms with Crippen molar-refractivity contribution in [2.75, 3.05) is 20.5 Å². The molecule has 1 aromatic heterocycles. The molecule has 2 aliphatic heterocycles. The van der Waals surface area contributed by atoms with Crippen LogP contribution in [0.3, 0.4) is 0 Å². The van der Waals surface area contributed by atoms with Gasteiger partial charge in [-0.05, 0) is 53.9 Å². The van der Waals surface area contributed by atoms with E-state index in [1.165, 1.54) is 64.2 Å². The Morgan fingerprint density at radius 2 is 1.39 bits per heavy atom. The molecule has 4 atom stereocenters. The minimum atomic E-state index is -0.650. The number of nitrogens with zero attached hydrogens (tertiary/aromatic N) is 2. The summed E-state index contributed by atoms with van der Waals surface area (Å²) < 4.78 is 29.4. The molecule has 1 aliphatic carbocycles. The van der Waals surface area contributed by atoms with Crippen molar-refractivity contribution >= 4 is 34.0 Å². The van der Waals surface area contributed by atoms with Crippen LogP contribution in [0.5, 0.6) is 17.2 Å². The van der Waals surface area contributed by atoms with Gasteiger partial charge in [0, 0.05) is 23.8 Å². The Morgan fingerprint density at radius 1 is 0.765 bits per heavy atom. The van der Waals surface area contributed by atoms with E-state index in [0.29, 0.717) is 34.7 Å². The van der Waals surface area contributed by atoms with Crippen molar-refractivity contribution in [1.29, 1.82) is 0 Å². The number of ether oxygens (including phenoxy) is 5. The zero-order valence-corrected chi connectivity index (χ0v) is 30.0. The summed E-state index contributed by atoms with van der Waals surface area (Å²) in [6.45, 7) is 2.53. The predicted octanol–water partition coefficient (Wildman–Crippen LogP) is 9.52. The molecule has 0 radical (unpaired) electrons. The Morgan fingerprint density at radius 3 is 2.06 bits per heavy atom. The Balaban J connectivity index is 1.06. The summed E-state index contributed by atoms with van der Waals surface area (Å²) in [5, 5.41) is 0. The van der Waals surface area contributed by atoms with Crippen LogP contribution in [0, 0.1) is 11.8 Å². The second-order valence-electron chi connectivity index (χ2n) is 14.3. The number of carbonyl (C=O) groups is 2. The average Bonchev–Trinajstić information content (AvgIpc) is 3.77. The molecule has 1 saturated heterocycles. The van der Waals surface area contributed by atoms with Crippen LogP contribution >= 0.6 is 0 Å². The highest BCUT2D eigenvalue weighted by Gasteiger charge is 2.54. The van der Waals surface area contributed by atoms with Crippen molar-refractivity contribution in [3.8, 4) is 17.2 Å². The highest BCUT2D eigenvalue weighted by molar-refractivity contribution is 5.90. The number of para-hydroxylation sites is 2.